The number of benzene rings is 1. The first-order chi connectivity index (χ1) is 12.7. The third-order valence-electron chi connectivity index (χ3n) is 4.18. The highest BCUT2D eigenvalue weighted by atomic mass is 79.9. The molecule has 7 heteroatoms. The minimum atomic E-state index is -0.526. The number of nitrogens with two attached hydrogens (primary N) is 1. The minimum Gasteiger partial charge on any atom is -0.492 e. The number of primary amides is 1. The molecule has 5 nitrogen and oxygen atoms in total. The molecule has 146 valence electrons. The molecular formula is C20H25BrN2O3S. The van der Waals surface area contributed by atoms with Crippen LogP contribution in [-0.4, -0.2) is 18.4 Å². The van der Waals surface area contributed by atoms with E-state index >= 15 is 0 Å². The summed E-state index contributed by atoms with van der Waals surface area (Å²) in [6.45, 7) is 8.79. The molecule has 0 fully saturated rings. The van der Waals surface area contributed by atoms with Gasteiger partial charge in [0.1, 0.15) is 10.8 Å². The molecule has 0 aliphatic carbocycles. The minimum absolute atomic E-state index is 0.296. The molecule has 2 amide bonds. The first kappa shape index (κ1) is 21.4. The molecule has 0 atom stereocenters. The zero-order valence-corrected chi connectivity index (χ0v) is 18.4. The molecular weight excluding hydrogens is 428 g/mol. The summed E-state index contributed by atoms with van der Waals surface area (Å²) in [5.41, 5.74) is 7.28. The first-order valence-corrected chi connectivity index (χ1v) is 10.5. The highest BCUT2D eigenvalue weighted by Crippen LogP contribution is 2.34. The van der Waals surface area contributed by atoms with Crippen molar-refractivity contribution in [2.75, 3.05) is 11.9 Å². The van der Waals surface area contributed by atoms with Crippen LogP contribution in [0.25, 0.3) is 0 Å². The number of aryl methyl sites for hydroxylation is 1. The average molecular weight is 453 g/mol. The third kappa shape index (κ3) is 5.32. The number of rotatable bonds is 8. The summed E-state index contributed by atoms with van der Waals surface area (Å²) < 4.78 is 6.46. The van der Waals surface area contributed by atoms with E-state index in [4.69, 9.17) is 10.5 Å². The Hall–Kier alpha value is -1.86. The van der Waals surface area contributed by atoms with Gasteiger partial charge in [-0.05, 0) is 65.4 Å². The number of carbonyl (C=O) groups is 2. The van der Waals surface area contributed by atoms with Crippen molar-refractivity contribution in [3.63, 3.8) is 0 Å². The Labute approximate surface area is 172 Å². The van der Waals surface area contributed by atoms with Gasteiger partial charge in [0.05, 0.1) is 16.6 Å². The second kappa shape index (κ2) is 9.37. The van der Waals surface area contributed by atoms with Crippen molar-refractivity contribution in [3.8, 4) is 5.75 Å². The molecule has 3 N–H and O–H groups in total. The Morgan fingerprint density at radius 1 is 1.33 bits per heavy atom. The number of hydrogen-bond donors (Lipinski definition) is 2. The monoisotopic (exact) mass is 452 g/mol. The third-order valence-corrected chi connectivity index (χ3v) is 5.87. The van der Waals surface area contributed by atoms with E-state index in [2.05, 4.69) is 35.1 Å². The topological polar surface area (TPSA) is 81.4 Å². The molecule has 1 heterocycles. The fourth-order valence-electron chi connectivity index (χ4n) is 2.69. The van der Waals surface area contributed by atoms with Gasteiger partial charge in [0.25, 0.3) is 11.8 Å². The second-order valence-electron chi connectivity index (χ2n) is 6.69. The fourth-order valence-corrected chi connectivity index (χ4v) is 4.33. The van der Waals surface area contributed by atoms with Crippen LogP contribution in [0.5, 0.6) is 5.75 Å². The lowest BCUT2D eigenvalue weighted by Gasteiger charge is -2.11. The van der Waals surface area contributed by atoms with Crippen LogP contribution < -0.4 is 15.8 Å². The van der Waals surface area contributed by atoms with Crippen LogP contribution in [0.4, 0.5) is 5.00 Å². The average Bonchev–Trinajstić information content (AvgIpc) is 2.91. The van der Waals surface area contributed by atoms with Crippen LogP contribution in [-0.2, 0) is 6.42 Å². The van der Waals surface area contributed by atoms with Crippen LogP contribution in [0.1, 0.15) is 58.3 Å². The van der Waals surface area contributed by atoms with E-state index in [1.165, 1.54) is 11.3 Å². The lowest BCUT2D eigenvalue weighted by Crippen LogP contribution is -2.18. The zero-order chi connectivity index (χ0) is 20.1. The van der Waals surface area contributed by atoms with Gasteiger partial charge < -0.3 is 15.8 Å². The van der Waals surface area contributed by atoms with Crippen LogP contribution >= 0.6 is 27.3 Å². The lowest BCUT2D eigenvalue weighted by atomic mass is 10.1. The predicted molar refractivity (Wildman–Crippen MR) is 114 cm³/mol. The first-order valence-electron chi connectivity index (χ1n) is 8.90. The van der Waals surface area contributed by atoms with Crippen molar-refractivity contribution in [1.29, 1.82) is 0 Å². The molecule has 0 aliphatic rings. The van der Waals surface area contributed by atoms with Crippen molar-refractivity contribution >= 4 is 44.1 Å². The van der Waals surface area contributed by atoms with Crippen molar-refractivity contribution in [2.24, 2.45) is 11.7 Å². The maximum absolute atomic E-state index is 12.6. The molecule has 0 aliphatic heterocycles. The highest BCUT2D eigenvalue weighted by molar-refractivity contribution is 9.10. The molecule has 0 bridgehead atoms. The van der Waals surface area contributed by atoms with Crippen molar-refractivity contribution in [1.82, 2.24) is 0 Å². The highest BCUT2D eigenvalue weighted by Gasteiger charge is 2.21. The number of nitrogens with one attached hydrogen (secondary N) is 1. The lowest BCUT2D eigenvalue weighted by molar-refractivity contribution is 0.100. The SMILES string of the molecule is CCc1c(C)sc(NC(=O)c2ccc(OCCC(C)C)c(Br)c2)c1C(N)=O. The van der Waals surface area contributed by atoms with E-state index in [0.29, 0.717) is 45.3 Å². The molecule has 0 unspecified atom stereocenters. The van der Waals surface area contributed by atoms with Gasteiger partial charge in [-0.25, -0.2) is 0 Å². The zero-order valence-electron chi connectivity index (χ0n) is 16.0. The maximum Gasteiger partial charge on any atom is 0.256 e. The van der Waals surface area contributed by atoms with Crippen LogP contribution in [0, 0.1) is 12.8 Å². The summed E-state index contributed by atoms with van der Waals surface area (Å²) in [5, 5.41) is 3.32. The fraction of sp³-hybridized carbons (Fsp3) is 0.400. The van der Waals surface area contributed by atoms with Gasteiger partial charge in [0, 0.05) is 10.4 Å². The van der Waals surface area contributed by atoms with Gasteiger partial charge in [-0.3, -0.25) is 9.59 Å². The van der Waals surface area contributed by atoms with E-state index in [-0.39, 0.29) is 5.91 Å². The van der Waals surface area contributed by atoms with Crippen LogP contribution in [0.2, 0.25) is 0 Å². The smallest absolute Gasteiger partial charge is 0.256 e. The molecule has 2 rings (SSSR count). The van der Waals surface area contributed by atoms with Gasteiger partial charge >= 0.3 is 0 Å². The summed E-state index contributed by atoms with van der Waals surface area (Å²) >= 11 is 4.83. The van der Waals surface area contributed by atoms with Gasteiger partial charge in [-0.15, -0.1) is 11.3 Å². The number of hydrogen-bond acceptors (Lipinski definition) is 4. The summed E-state index contributed by atoms with van der Waals surface area (Å²) in [5.74, 6) is 0.443. The number of thiophene rings is 1. The van der Waals surface area contributed by atoms with Crippen LogP contribution in [0.15, 0.2) is 22.7 Å². The van der Waals surface area contributed by atoms with Gasteiger partial charge in [0.2, 0.25) is 0 Å². The standard InChI is InChI=1S/C20H25BrN2O3S/c1-5-14-12(4)27-20(17(14)18(22)24)23-19(25)13-6-7-16(15(21)10-13)26-9-8-11(2)3/h6-7,10-11H,5,8-9H2,1-4H3,(H2,22,24)(H,23,25). The van der Waals surface area contributed by atoms with E-state index in [1.54, 1.807) is 18.2 Å². The Balaban J connectivity index is 2.17. The maximum atomic E-state index is 12.6. The molecule has 27 heavy (non-hydrogen) atoms. The molecule has 1 aromatic heterocycles. The number of ether oxygens (including phenoxy) is 1. The van der Waals surface area contributed by atoms with E-state index in [0.717, 1.165) is 16.9 Å². The molecule has 1 aromatic carbocycles. The molecule has 0 radical (unpaired) electrons. The molecule has 0 saturated heterocycles. The van der Waals surface area contributed by atoms with Gasteiger partial charge in [0.15, 0.2) is 0 Å². The number of halogens is 1. The Morgan fingerprint density at radius 3 is 2.59 bits per heavy atom. The number of anilines is 1. The number of carbonyl (C=O) groups excluding carboxylic acids is 2. The van der Waals surface area contributed by atoms with Crippen molar-refractivity contribution in [3.05, 3.63) is 44.2 Å². The van der Waals surface area contributed by atoms with E-state index in [9.17, 15) is 9.59 Å². The Bertz CT molecular complexity index is 846. The quantitative estimate of drug-likeness (QED) is 0.580. The molecule has 0 spiro atoms. The molecule has 0 saturated carbocycles. The Kier molecular flexibility index (Phi) is 7.44. The van der Waals surface area contributed by atoms with Crippen LogP contribution in [0.3, 0.4) is 0 Å². The largest absolute Gasteiger partial charge is 0.492 e. The predicted octanol–water partition coefficient (Wildman–Crippen LogP) is 5.16. The number of amides is 2. The van der Waals surface area contributed by atoms with Crippen molar-refractivity contribution in [2.45, 2.75) is 40.5 Å². The summed E-state index contributed by atoms with van der Waals surface area (Å²) in [6, 6.07) is 5.19. The summed E-state index contributed by atoms with van der Waals surface area (Å²) in [7, 11) is 0. The van der Waals surface area contributed by atoms with E-state index in [1.807, 2.05) is 13.8 Å². The van der Waals surface area contributed by atoms with E-state index < -0.39 is 5.91 Å². The summed E-state index contributed by atoms with van der Waals surface area (Å²) in [6.07, 6.45) is 1.65. The van der Waals surface area contributed by atoms with Gasteiger partial charge in [-0.1, -0.05) is 20.8 Å². The van der Waals surface area contributed by atoms with Gasteiger partial charge in [-0.2, -0.15) is 0 Å². The Morgan fingerprint density at radius 2 is 2.04 bits per heavy atom. The second-order valence-corrected chi connectivity index (χ2v) is 8.77. The normalized spacial score (nSPS) is 10.9. The molecule has 2 aromatic rings. The summed E-state index contributed by atoms with van der Waals surface area (Å²) in [4.78, 5) is 25.5. The van der Waals surface area contributed by atoms with Crippen molar-refractivity contribution < 1.29 is 14.3 Å².